The lowest BCUT2D eigenvalue weighted by atomic mass is 10.2. The van der Waals surface area contributed by atoms with E-state index in [9.17, 15) is 14.4 Å². The minimum Gasteiger partial charge on any atom is -0.367 e. The van der Waals surface area contributed by atoms with E-state index >= 15 is 0 Å². The fourth-order valence-electron chi connectivity index (χ4n) is 3.82. The van der Waals surface area contributed by atoms with Gasteiger partial charge in [0, 0.05) is 44.2 Å². The molecule has 0 bridgehead atoms. The number of amides is 1. The van der Waals surface area contributed by atoms with Crippen LogP contribution in [0.3, 0.4) is 0 Å². The highest BCUT2D eigenvalue weighted by atomic mass is 35.5. The number of benzene rings is 2. The van der Waals surface area contributed by atoms with Crippen molar-refractivity contribution in [2.24, 2.45) is 0 Å². The third-order valence-corrected chi connectivity index (χ3v) is 5.78. The van der Waals surface area contributed by atoms with E-state index in [1.54, 1.807) is 30.3 Å². The van der Waals surface area contributed by atoms with Gasteiger partial charge in [0.15, 0.2) is 0 Å². The number of H-pyrrole nitrogens is 1. The molecular formula is C22H24ClN5O3. The Morgan fingerprint density at radius 3 is 2.61 bits per heavy atom. The Labute approximate surface area is 184 Å². The minimum atomic E-state index is -0.530. The van der Waals surface area contributed by atoms with Crippen molar-refractivity contribution in [1.82, 2.24) is 14.5 Å². The molecule has 2 heterocycles. The SMILES string of the molecule is CN1CCN(c2ccc(Cl)cc2NC(=O)CCn2c(=O)[nH]c(=O)c3ccccc32)CC1. The first-order valence-electron chi connectivity index (χ1n) is 10.2. The van der Waals surface area contributed by atoms with Crippen LogP contribution >= 0.6 is 11.6 Å². The number of hydrogen-bond donors (Lipinski definition) is 2. The number of carbonyl (C=O) groups excluding carboxylic acids is 1. The van der Waals surface area contributed by atoms with Crippen molar-refractivity contribution in [2.75, 3.05) is 43.4 Å². The molecule has 1 aromatic heterocycles. The first kappa shape index (κ1) is 21.1. The highest BCUT2D eigenvalue weighted by Gasteiger charge is 2.18. The van der Waals surface area contributed by atoms with Gasteiger partial charge in [-0.2, -0.15) is 0 Å². The average molecular weight is 442 g/mol. The van der Waals surface area contributed by atoms with Gasteiger partial charge in [0.05, 0.1) is 22.3 Å². The van der Waals surface area contributed by atoms with E-state index in [1.165, 1.54) is 4.57 Å². The topological polar surface area (TPSA) is 90.4 Å². The number of nitrogens with one attached hydrogen (secondary N) is 2. The molecule has 8 nitrogen and oxygen atoms in total. The third-order valence-electron chi connectivity index (χ3n) is 5.54. The minimum absolute atomic E-state index is 0.0740. The van der Waals surface area contributed by atoms with Gasteiger partial charge in [0.2, 0.25) is 5.91 Å². The van der Waals surface area contributed by atoms with Crippen LogP contribution in [0.15, 0.2) is 52.1 Å². The van der Waals surface area contributed by atoms with Crippen molar-refractivity contribution in [1.29, 1.82) is 0 Å². The maximum Gasteiger partial charge on any atom is 0.328 e. The molecule has 1 aliphatic rings. The fourth-order valence-corrected chi connectivity index (χ4v) is 3.99. The molecule has 9 heteroatoms. The van der Waals surface area contributed by atoms with Crippen molar-refractivity contribution in [3.8, 4) is 0 Å². The number of halogens is 1. The van der Waals surface area contributed by atoms with Gasteiger partial charge in [-0.15, -0.1) is 0 Å². The molecule has 0 unspecified atom stereocenters. The molecule has 2 aromatic carbocycles. The maximum absolute atomic E-state index is 12.7. The number of aromatic amines is 1. The van der Waals surface area contributed by atoms with Crippen LogP contribution in [0.5, 0.6) is 0 Å². The van der Waals surface area contributed by atoms with Crippen LogP contribution in [0.1, 0.15) is 6.42 Å². The summed E-state index contributed by atoms with van der Waals surface area (Å²) in [7, 11) is 2.09. The molecule has 0 radical (unpaired) electrons. The molecule has 1 fully saturated rings. The molecule has 0 spiro atoms. The highest BCUT2D eigenvalue weighted by Crippen LogP contribution is 2.30. The molecule has 1 amide bonds. The summed E-state index contributed by atoms with van der Waals surface area (Å²) in [5.41, 5.74) is 1.12. The van der Waals surface area contributed by atoms with Gasteiger partial charge in [-0.05, 0) is 37.4 Å². The Morgan fingerprint density at radius 2 is 1.84 bits per heavy atom. The number of hydrogen-bond acceptors (Lipinski definition) is 5. The van der Waals surface area contributed by atoms with E-state index in [2.05, 4.69) is 27.1 Å². The summed E-state index contributed by atoms with van der Waals surface area (Å²) in [5.74, 6) is -0.236. The molecule has 0 aliphatic carbocycles. The Hall–Kier alpha value is -3.10. The van der Waals surface area contributed by atoms with Gasteiger partial charge in [0.1, 0.15) is 0 Å². The van der Waals surface area contributed by atoms with E-state index in [0.717, 1.165) is 31.9 Å². The highest BCUT2D eigenvalue weighted by molar-refractivity contribution is 6.31. The molecule has 1 aliphatic heterocycles. The second-order valence-electron chi connectivity index (χ2n) is 7.68. The molecule has 1 saturated heterocycles. The molecule has 31 heavy (non-hydrogen) atoms. The normalized spacial score (nSPS) is 14.7. The van der Waals surface area contributed by atoms with Crippen molar-refractivity contribution in [3.63, 3.8) is 0 Å². The van der Waals surface area contributed by atoms with Gasteiger partial charge in [-0.1, -0.05) is 23.7 Å². The number of anilines is 2. The lowest BCUT2D eigenvalue weighted by Crippen LogP contribution is -2.44. The number of carbonyl (C=O) groups is 1. The average Bonchev–Trinajstić information content (AvgIpc) is 2.74. The Bertz CT molecular complexity index is 1230. The third kappa shape index (κ3) is 4.65. The zero-order valence-electron chi connectivity index (χ0n) is 17.2. The van der Waals surface area contributed by atoms with Crippen LogP contribution in [-0.4, -0.2) is 53.6 Å². The number of para-hydroxylation sites is 1. The number of aromatic nitrogens is 2. The van der Waals surface area contributed by atoms with Crippen LogP contribution in [-0.2, 0) is 11.3 Å². The first-order chi connectivity index (χ1) is 14.9. The Morgan fingerprint density at radius 1 is 1.10 bits per heavy atom. The lowest BCUT2D eigenvalue weighted by Gasteiger charge is -2.35. The zero-order chi connectivity index (χ0) is 22.0. The number of nitrogens with zero attached hydrogens (tertiary/aromatic N) is 3. The first-order valence-corrected chi connectivity index (χ1v) is 10.5. The summed E-state index contributed by atoms with van der Waals surface area (Å²) >= 11 is 6.18. The summed E-state index contributed by atoms with van der Waals surface area (Å²) in [6, 6.07) is 12.3. The summed E-state index contributed by atoms with van der Waals surface area (Å²) in [4.78, 5) is 43.8. The fraction of sp³-hybridized carbons (Fsp3) is 0.318. The van der Waals surface area contributed by atoms with E-state index in [0.29, 0.717) is 21.6 Å². The molecule has 0 atom stereocenters. The van der Waals surface area contributed by atoms with Gasteiger partial charge in [-0.25, -0.2) is 4.79 Å². The van der Waals surface area contributed by atoms with Crippen molar-refractivity contribution in [3.05, 3.63) is 68.3 Å². The second kappa shape index (κ2) is 8.95. The molecule has 2 N–H and O–H groups in total. The Balaban J connectivity index is 1.52. The van der Waals surface area contributed by atoms with Crippen LogP contribution in [0, 0.1) is 0 Å². The van der Waals surface area contributed by atoms with Crippen molar-refractivity contribution in [2.45, 2.75) is 13.0 Å². The quantitative estimate of drug-likeness (QED) is 0.633. The summed E-state index contributed by atoms with van der Waals surface area (Å²) in [6.07, 6.45) is 0.0740. The maximum atomic E-state index is 12.7. The van der Waals surface area contributed by atoms with Gasteiger partial charge >= 0.3 is 5.69 Å². The van der Waals surface area contributed by atoms with E-state index in [4.69, 9.17) is 11.6 Å². The Kier molecular flexibility index (Phi) is 6.11. The predicted molar refractivity (Wildman–Crippen MR) is 123 cm³/mol. The number of piperazine rings is 1. The zero-order valence-corrected chi connectivity index (χ0v) is 18.0. The van der Waals surface area contributed by atoms with Gasteiger partial charge in [0.25, 0.3) is 5.56 Å². The second-order valence-corrected chi connectivity index (χ2v) is 8.11. The van der Waals surface area contributed by atoms with E-state index < -0.39 is 11.2 Å². The number of aryl methyl sites for hydroxylation is 1. The van der Waals surface area contributed by atoms with Crippen LogP contribution < -0.4 is 21.5 Å². The monoisotopic (exact) mass is 441 g/mol. The van der Waals surface area contributed by atoms with Crippen molar-refractivity contribution < 1.29 is 4.79 Å². The summed E-state index contributed by atoms with van der Waals surface area (Å²) in [5, 5.41) is 3.89. The summed E-state index contributed by atoms with van der Waals surface area (Å²) in [6.45, 7) is 3.75. The van der Waals surface area contributed by atoms with Crippen molar-refractivity contribution >= 4 is 39.8 Å². The van der Waals surface area contributed by atoms with Gasteiger partial charge < -0.3 is 15.1 Å². The standard InChI is InChI=1S/C22H24ClN5O3/c1-26-10-12-27(13-11-26)19-7-6-15(23)14-17(19)24-20(29)8-9-28-18-5-3-2-4-16(18)21(30)25-22(28)31/h2-7,14H,8-13H2,1H3,(H,24,29)(H,25,30,31). The lowest BCUT2D eigenvalue weighted by molar-refractivity contribution is -0.116. The van der Waals surface area contributed by atoms with Gasteiger partial charge in [-0.3, -0.25) is 19.1 Å². The number of fused-ring (bicyclic) bond motifs is 1. The van der Waals surface area contributed by atoms with Crippen LogP contribution in [0.25, 0.3) is 10.9 Å². The molecule has 162 valence electrons. The molecule has 3 aromatic rings. The largest absolute Gasteiger partial charge is 0.367 e. The van der Waals surface area contributed by atoms with E-state index in [-0.39, 0.29) is 18.9 Å². The predicted octanol–water partition coefficient (Wildman–Crippen LogP) is 2.12. The smallest absolute Gasteiger partial charge is 0.328 e. The van der Waals surface area contributed by atoms with Crippen LogP contribution in [0.4, 0.5) is 11.4 Å². The summed E-state index contributed by atoms with van der Waals surface area (Å²) < 4.78 is 1.41. The van der Waals surface area contributed by atoms with E-state index in [1.807, 2.05) is 12.1 Å². The van der Waals surface area contributed by atoms with Crippen LogP contribution in [0.2, 0.25) is 5.02 Å². The molecule has 0 saturated carbocycles. The number of rotatable bonds is 5. The molecule has 4 rings (SSSR count). The number of likely N-dealkylation sites (N-methyl/N-ethyl adjacent to an activating group) is 1. The molecular weight excluding hydrogens is 418 g/mol.